The molecule has 2 aromatic rings. The monoisotopic (exact) mass is 669 g/mol. The summed E-state index contributed by atoms with van der Waals surface area (Å²) in [6.07, 6.45) is -2.40. The van der Waals surface area contributed by atoms with E-state index in [1.807, 2.05) is 20.8 Å². The van der Waals surface area contributed by atoms with E-state index in [2.05, 4.69) is 20.9 Å². The Balaban J connectivity index is 2.12. The van der Waals surface area contributed by atoms with E-state index in [4.69, 9.17) is 34.8 Å². The highest BCUT2D eigenvalue weighted by atomic mass is 79.9. The molecule has 4 rings (SSSR count). The van der Waals surface area contributed by atoms with Gasteiger partial charge in [-0.3, -0.25) is 9.79 Å². The molecule has 0 amide bonds. The standard InChI is InChI=1S/C28H27BrCl3F4NO2/c1-13(2)17-6-4-14(3)8-18(17)27(15-5-7-22(33)19(29)9-15)24(25(38)39)26(12-37-27,28(34,35)36)16-10-20(30)23(32)21(31)11-16/h5,7,9-14,17-18,24H,4,6,8H2,1-3H3,(H,38,39)/t14-,17+,18-,24+,26+,27+/m1/s1. The van der Waals surface area contributed by atoms with E-state index >= 15 is 13.2 Å². The lowest BCUT2D eigenvalue weighted by molar-refractivity contribution is -0.198. The first-order valence-corrected chi connectivity index (χ1v) is 14.5. The molecule has 2 aliphatic rings. The Hall–Kier alpha value is -1.35. The van der Waals surface area contributed by atoms with Crippen molar-refractivity contribution in [2.45, 2.75) is 57.2 Å². The van der Waals surface area contributed by atoms with Crippen molar-refractivity contribution in [1.29, 1.82) is 0 Å². The number of carboxylic acid groups (broad SMARTS) is 1. The Morgan fingerprint density at radius 3 is 2.23 bits per heavy atom. The third-order valence-corrected chi connectivity index (χ3v) is 10.3. The van der Waals surface area contributed by atoms with Gasteiger partial charge in [0.25, 0.3) is 0 Å². The molecule has 0 unspecified atom stereocenters. The maximum absolute atomic E-state index is 15.4. The van der Waals surface area contributed by atoms with Crippen LogP contribution in [0.2, 0.25) is 15.1 Å². The number of carbonyl (C=O) groups is 1. The number of benzene rings is 2. The maximum atomic E-state index is 15.4. The van der Waals surface area contributed by atoms with Gasteiger partial charge >= 0.3 is 12.1 Å². The average Bonchev–Trinajstić information content (AvgIpc) is 3.22. The second-order valence-corrected chi connectivity index (χ2v) is 13.1. The fraction of sp³-hybridized carbons (Fsp3) is 0.500. The van der Waals surface area contributed by atoms with E-state index in [1.54, 1.807) is 0 Å². The van der Waals surface area contributed by atoms with Crippen LogP contribution in [0.4, 0.5) is 17.6 Å². The molecule has 0 bridgehead atoms. The Morgan fingerprint density at radius 1 is 1.10 bits per heavy atom. The van der Waals surface area contributed by atoms with E-state index in [-0.39, 0.29) is 42.9 Å². The molecule has 1 saturated carbocycles. The molecule has 11 heteroatoms. The maximum Gasteiger partial charge on any atom is 0.404 e. The van der Waals surface area contributed by atoms with Gasteiger partial charge in [-0.25, -0.2) is 4.39 Å². The first kappa shape index (κ1) is 30.6. The number of aliphatic carboxylic acids is 1. The van der Waals surface area contributed by atoms with Crippen LogP contribution in [0.1, 0.15) is 51.2 Å². The number of hydrogen-bond donors (Lipinski definition) is 1. The molecule has 1 N–H and O–H groups in total. The number of aliphatic imine (C=N–C) groups is 1. The van der Waals surface area contributed by atoms with Gasteiger partial charge in [0.2, 0.25) is 0 Å². The lowest BCUT2D eigenvalue weighted by atomic mass is 9.53. The van der Waals surface area contributed by atoms with Gasteiger partial charge < -0.3 is 5.11 Å². The summed E-state index contributed by atoms with van der Waals surface area (Å²) < 4.78 is 60.7. The molecule has 0 spiro atoms. The Kier molecular flexibility index (Phi) is 8.48. The molecule has 1 heterocycles. The minimum absolute atomic E-state index is 0.00533. The molecule has 39 heavy (non-hydrogen) atoms. The molecule has 0 aromatic heterocycles. The SMILES string of the molecule is CC(C)[C@@H]1CC[C@@H](C)C[C@H]1[C@]1(c2ccc(F)c(Br)c2)N=C[C@@](c2cc(Cl)c(Cl)c(Cl)c2)(C(F)(F)F)[C@@H]1C(=O)O. The fourth-order valence-electron chi connectivity index (χ4n) is 6.74. The predicted octanol–water partition coefficient (Wildman–Crippen LogP) is 9.74. The van der Waals surface area contributed by atoms with Crippen LogP contribution in [-0.4, -0.2) is 23.5 Å². The largest absolute Gasteiger partial charge is 0.481 e. The van der Waals surface area contributed by atoms with Crippen LogP contribution >= 0.6 is 50.7 Å². The number of rotatable bonds is 5. The first-order chi connectivity index (χ1) is 18.1. The lowest BCUT2D eigenvalue weighted by Gasteiger charge is -2.50. The van der Waals surface area contributed by atoms with Crippen LogP contribution in [-0.2, 0) is 15.7 Å². The van der Waals surface area contributed by atoms with Gasteiger partial charge in [-0.05, 0) is 87.8 Å². The molecular weight excluding hydrogens is 645 g/mol. The van der Waals surface area contributed by atoms with Gasteiger partial charge in [0.1, 0.15) is 22.7 Å². The number of alkyl halides is 3. The third kappa shape index (κ3) is 4.91. The van der Waals surface area contributed by atoms with Crippen LogP contribution in [0.3, 0.4) is 0 Å². The van der Waals surface area contributed by atoms with Crippen molar-refractivity contribution in [3.8, 4) is 0 Å². The van der Waals surface area contributed by atoms with E-state index < -0.39 is 46.3 Å². The fourth-order valence-corrected chi connectivity index (χ4v) is 7.72. The highest BCUT2D eigenvalue weighted by Gasteiger charge is 2.73. The molecule has 6 atom stereocenters. The third-order valence-electron chi connectivity index (χ3n) is 8.52. The highest BCUT2D eigenvalue weighted by Crippen LogP contribution is 2.63. The minimum Gasteiger partial charge on any atom is -0.481 e. The summed E-state index contributed by atoms with van der Waals surface area (Å²) in [5.41, 5.74) is -5.25. The van der Waals surface area contributed by atoms with Crippen LogP contribution in [0.25, 0.3) is 0 Å². The number of carboxylic acids is 1. The van der Waals surface area contributed by atoms with E-state index in [9.17, 15) is 14.3 Å². The van der Waals surface area contributed by atoms with Crippen LogP contribution in [0.5, 0.6) is 0 Å². The Labute approximate surface area is 248 Å². The molecule has 1 aliphatic carbocycles. The van der Waals surface area contributed by atoms with Gasteiger partial charge in [-0.2, -0.15) is 13.2 Å². The normalized spacial score (nSPS) is 31.2. The molecule has 2 aromatic carbocycles. The second-order valence-electron chi connectivity index (χ2n) is 11.0. The minimum atomic E-state index is -5.12. The topological polar surface area (TPSA) is 49.7 Å². The average molecular weight is 672 g/mol. The number of halogens is 8. The van der Waals surface area contributed by atoms with Crippen molar-refractivity contribution in [3.63, 3.8) is 0 Å². The van der Waals surface area contributed by atoms with E-state index in [0.717, 1.165) is 24.6 Å². The molecule has 1 fully saturated rings. The summed E-state index contributed by atoms with van der Waals surface area (Å²) in [6, 6.07) is 5.83. The zero-order valence-corrected chi connectivity index (χ0v) is 25.2. The van der Waals surface area contributed by atoms with Crippen molar-refractivity contribution < 1.29 is 27.5 Å². The molecule has 0 radical (unpaired) electrons. The summed E-state index contributed by atoms with van der Waals surface area (Å²) in [5.74, 6) is -5.02. The van der Waals surface area contributed by atoms with Crippen LogP contribution in [0.15, 0.2) is 39.8 Å². The zero-order valence-electron chi connectivity index (χ0n) is 21.3. The summed E-state index contributed by atoms with van der Waals surface area (Å²) >= 11 is 21.5. The van der Waals surface area contributed by atoms with Crippen molar-refractivity contribution in [2.24, 2.45) is 34.6 Å². The van der Waals surface area contributed by atoms with Gasteiger partial charge in [0.05, 0.1) is 19.5 Å². The van der Waals surface area contributed by atoms with E-state index in [0.29, 0.717) is 19.1 Å². The molecule has 3 nitrogen and oxygen atoms in total. The quantitative estimate of drug-likeness (QED) is 0.254. The molecule has 0 saturated heterocycles. The summed E-state index contributed by atoms with van der Waals surface area (Å²) in [7, 11) is 0. The van der Waals surface area contributed by atoms with Crippen molar-refractivity contribution in [1.82, 2.24) is 0 Å². The van der Waals surface area contributed by atoms with Gasteiger partial charge in [-0.15, -0.1) is 0 Å². The predicted molar refractivity (Wildman–Crippen MR) is 149 cm³/mol. The lowest BCUT2D eigenvalue weighted by Crippen LogP contribution is -2.58. The van der Waals surface area contributed by atoms with Crippen molar-refractivity contribution in [3.05, 3.63) is 66.8 Å². The molecule has 1 aliphatic heterocycles. The van der Waals surface area contributed by atoms with Crippen LogP contribution in [0, 0.1) is 35.4 Å². The molecular formula is C28H27BrCl3F4NO2. The van der Waals surface area contributed by atoms with E-state index in [1.165, 1.54) is 12.1 Å². The van der Waals surface area contributed by atoms with Crippen molar-refractivity contribution in [2.75, 3.05) is 0 Å². The summed E-state index contributed by atoms with van der Waals surface area (Å²) in [4.78, 5) is 17.8. The first-order valence-electron chi connectivity index (χ1n) is 12.5. The van der Waals surface area contributed by atoms with Gasteiger partial charge in [0.15, 0.2) is 0 Å². The second kappa shape index (κ2) is 10.8. The smallest absolute Gasteiger partial charge is 0.404 e. The number of nitrogens with zero attached hydrogens (tertiary/aromatic N) is 1. The summed E-state index contributed by atoms with van der Waals surface area (Å²) in [6.45, 7) is 5.96. The Bertz CT molecular complexity index is 1300. The number of hydrogen-bond acceptors (Lipinski definition) is 2. The van der Waals surface area contributed by atoms with Crippen LogP contribution < -0.4 is 0 Å². The van der Waals surface area contributed by atoms with Gasteiger partial charge in [-0.1, -0.05) is 68.1 Å². The summed E-state index contributed by atoms with van der Waals surface area (Å²) in [5, 5.41) is 10.1. The Morgan fingerprint density at radius 2 is 1.72 bits per heavy atom. The van der Waals surface area contributed by atoms with Crippen molar-refractivity contribution >= 4 is 62.9 Å². The molecule has 212 valence electrons. The highest BCUT2D eigenvalue weighted by molar-refractivity contribution is 9.10. The van der Waals surface area contributed by atoms with Gasteiger partial charge in [0, 0.05) is 6.21 Å². The zero-order chi connectivity index (χ0) is 29.1.